The summed E-state index contributed by atoms with van der Waals surface area (Å²) in [6.07, 6.45) is 0.948. The first kappa shape index (κ1) is 21.1. The van der Waals surface area contributed by atoms with Crippen molar-refractivity contribution < 1.29 is 9.59 Å². The molecule has 0 atom stereocenters. The number of carbonyl (C=O) groups excluding carboxylic acids is 2. The molecule has 0 aromatic heterocycles. The third-order valence-electron chi connectivity index (χ3n) is 4.62. The number of hydrogen-bond acceptors (Lipinski definition) is 3. The molecular formula is C20H23Cl2N3O2. The van der Waals surface area contributed by atoms with Gasteiger partial charge in [-0.2, -0.15) is 0 Å². The number of nitrogens with zero attached hydrogens (tertiary/aromatic N) is 2. The van der Waals surface area contributed by atoms with Crippen LogP contribution in [-0.2, 0) is 22.6 Å². The van der Waals surface area contributed by atoms with Gasteiger partial charge in [-0.25, -0.2) is 0 Å². The molecule has 0 saturated carbocycles. The topological polar surface area (TPSA) is 66.6 Å². The molecule has 0 unspecified atom stereocenters. The van der Waals surface area contributed by atoms with Crippen molar-refractivity contribution in [3.8, 4) is 0 Å². The number of para-hydroxylation sites is 1. The zero-order chi connectivity index (χ0) is 18.5. The van der Waals surface area contributed by atoms with Crippen molar-refractivity contribution in [1.29, 1.82) is 0 Å². The van der Waals surface area contributed by atoms with Gasteiger partial charge in [0.05, 0.1) is 6.54 Å². The van der Waals surface area contributed by atoms with Crippen LogP contribution in [0.5, 0.6) is 0 Å². The van der Waals surface area contributed by atoms with Gasteiger partial charge in [0.1, 0.15) is 0 Å². The number of nitrogen functional groups attached to an aromatic ring is 1. The lowest BCUT2D eigenvalue weighted by Crippen LogP contribution is -2.51. The minimum absolute atomic E-state index is 0. The third-order valence-corrected chi connectivity index (χ3v) is 4.87. The second-order valence-corrected chi connectivity index (χ2v) is 6.89. The van der Waals surface area contributed by atoms with Crippen molar-refractivity contribution in [2.75, 3.05) is 25.4 Å². The molecule has 7 heteroatoms. The van der Waals surface area contributed by atoms with Crippen LogP contribution in [0.15, 0.2) is 48.5 Å². The Labute approximate surface area is 170 Å². The van der Waals surface area contributed by atoms with E-state index in [0.29, 0.717) is 43.2 Å². The largest absolute Gasteiger partial charge is 0.399 e. The summed E-state index contributed by atoms with van der Waals surface area (Å²) in [6, 6.07) is 15.0. The van der Waals surface area contributed by atoms with E-state index >= 15 is 0 Å². The third kappa shape index (κ3) is 5.62. The van der Waals surface area contributed by atoms with Gasteiger partial charge in [-0.15, -0.1) is 12.4 Å². The molecule has 3 rings (SSSR count). The van der Waals surface area contributed by atoms with E-state index in [-0.39, 0.29) is 30.8 Å². The molecule has 27 heavy (non-hydrogen) atoms. The van der Waals surface area contributed by atoms with Crippen LogP contribution in [0.25, 0.3) is 0 Å². The Kier molecular flexibility index (Phi) is 7.51. The highest BCUT2D eigenvalue weighted by atomic mass is 35.5. The predicted octanol–water partition coefficient (Wildman–Crippen LogP) is 3.15. The van der Waals surface area contributed by atoms with Crippen molar-refractivity contribution in [3.05, 3.63) is 64.7 Å². The van der Waals surface area contributed by atoms with Crippen molar-refractivity contribution in [1.82, 2.24) is 9.80 Å². The van der Waals surface area contributed by atoms with Crippen molar-refractivity contribution >= 4 is 41.5 Å². The number of halogens is 2. The van der Waals surface area contributed by atoms with E-state index < -0.39 is 0 Å². The van der Waals surface area contributed by atoms with E-state index in [1.165, 1.54) is 0 Å². The smallest absolute Gasteiger partial charge is 0.242 e. The van der Waals surface area contributed by atoms with Crippen LogP contribution in [-0.4, -0.2) is 41.2 Å². The standard InChI is InChI=1S/C20H22ClN3O2.ClH/c21-17-8-5-15(6-9-17)13-23-11-12-24(14-20(23)26)19(25)10-7-16-3-1-2-4-18(16)22;/h1-6,8-9H,7,10-14,22H2;1H. The van der Waals surface area contributed by atoms with Gasteiger partial charge in [0.15, 0.2) is 0 Å². The van der Waals surface area contributed by atoms with Crippen molar-refractivity contribution in [2.24, 2.45) is 0 Å². The van der Waals surface area contributed by atoms with Gasteiger partial charge in [-0.3, -0.25) is 9.59 Å². The quantitative estimate of drug-likeness (QED) is 0.773. The number of aryl methyl sites for hydroxylation is 1. The summed E-state index contributed by atoms with van der Waals surface area (Å²) in [6.45, 7) is 1.78. The Bertz CT molecular complexity index is 796. The van der Waals surface area contributed by atoms with Crippen LogP contribution in [0.2, 0.25) is 5.02 Å². The molecule has 0 aliphatic carbocycles. The molecule has 0 bridgehead atoms. The van der Waals surface area contributed by atoms with Crippen LogP contribution in [0.4, 0.5) is 5.69 Å². The van der Waals surface area contributed by atoms with E-state index in [4.69, 9.17) is 17.3 Å². The van der Waals surface area contributed by atoms with Gasteiger partial charge in [0.2, 0.25) is 11.8 Å². The Hall–Kier alpha value is -2.24. The molecule has 2 N–H and O–H groups in total. The van der Waals surface area contributed by atoms with Crippen molar-refractivity contribution in [2.45, 2.75) is 19.4 Å². The first-order valence-electron chi connectivity index (χ1n) is 8.66. The number of anilines is 1. The number of piperazine rings is 1. The summed E-state index contributed by atoms with van der Waals surface area (Å²) in [7, 11) is 0. The number of rotatable bonds is 5. The molecule has 1 aliphatic rings. The number of benzene rings is 2. The predicted molar refractivity (Wildman–Crippen MR) is 110 cm³/mol. The Balaban J connectivity index is 0.00000261. The first-order chi connectivity index (χ1) is 12.5. The SMILES string of the molecule is Cl.Nc1ccccc1CCC(=O)N1CCN(Cc2ccc(Cl)cc2)C(=O)C1. The summed E-state index contributed by atoms with van der Waals surface area (Å²) in [5.41, 5.74) is 8.61. The second-order valence-electron chi connectivity index (χ2n) is 6.46. The van der Waals surface area contributed by atoms with Gasteiger partial charge in [0, 0.05) is 36.8 Å². The van der Waals surface area contributed by atoms with Gasteiger partial charge < -0.3 is 15.5 Å². The summed E-state index contributed by atoms with van der Waals surface area (Å²) < 4.78 is 0. The van der Waals surface area contributed by atoms with Crippen molar-refractivity contribution in [3.63, 3.8) is 0 Å². The minimum Gasteiger partial charge on any atom is -0.399 e. The first-order valence-corrected chi connectivity index (χ1v) is 9.04. The van der Waals surface area contributed by atoms with E-state index in [1.54, 1.807) is 9.80 Å². The Morgan fingerprint density at radius 2 is 1.78 bits per heavy atom. The fourth-order valence-corrected chi connectivity index (χ4v) is 3.19. The lowest BCUT2D eigenvalue weighted by Gasteiger charge is -2.34. The van der Waals surface area contributed by atoms with E-state index in [1.807, 2.05) is 48.5 Å². The number of nitrogens with two attached hydrogens (primary N) is 1. The normalized spacial score (nSPS) is 14.0. The zero-order valence-electron chi connectivity index (χ0n) is 14.9. The summed E-state index contributed by atoms with van der Waals surface area (Å²) in [4.78, 5) is 28.2. The number of amides is 2. The molecule has 5 nitrogen and oxygen atoms in total. The molecule has 1 saturated heterocycles. The monoisotopic (exact) mass is 407 g/mol. The Morgan fingerprint density at radius 3 is 2.44 bits per heavy atom. The maximum Gasteiger partial charge on any atom is 0.242 e. The molecular weight excluding hydrogens is 385 g/mol. The second kappa shape index (κ2) is 9.62. The minimum atomic E-state index is -0.0289. The van der Waals surface area contributed by atoms with Crippen LogP contribution >= 0.6 is 24.0 Å². The molecule has 1 aliphatic heterocycles. The van der Waals surface area contributed by atoms with Gasteiger partial charge >= 0.3 is 0 Å². The molecule has 2 aromatic carbocycles. The molecule has 0 spiro atoms. The van der Waals surface area contributed by atoms with Crippen LogP contribution in [0.3, 0.4) is 0 Å². The molecule has 144 valence electrons. The highest BCUT2D eigenvalue weighted by Gasteiger charge is 2.26. The molecule has 1 fully saturated rings. The van der Waals surface area contributed by atoms with Crippen LogP contribution in [0, 0.1) is 0 Å². The summed E-state index contributed by atoms with van der Waals surface area (Å²) in [5, 5.41) is 0.676. The zero-order valence-corrected chi connectivity index (χ0v) is 16.5. The highest BCUT2D eigenvalue weighted by molar-refractivity contribution is 6.30. The summed E-state index contributed by atoms with van der Waals surface area (Å²) >= 11 is 5.89. The average molecular weight is 408 g/mol. The maximum atomic E-state index is 12.4. The van der Waals surface area contributed by atoms with E-state index in [9.17, 15) is 9.59 Å². The molecule has 0 radical (unpaired) electrons. The van der Waals surface area contributed by atoms with Gasteiger partial charge in [0.25, 0.3) is 0 Å². The average Bonchev–Trinajstić information content (AvgIpc) is 2.64. The van der Waals surface area contributed by atoms with Crippen LogP contribution < -0.4 is 5.73 Å². The van der Waals surface area contributed by atoms with Crippen LogP contribution in [0.1, 0.15) is 17.5 Å². The fraction of sp³-hybridized carbons (Fsp3) is 0.300. The van der Waals surface area contributed by atoms with E-state index in [0.717, 1.165) is 11.1 Å². The summed E-state index contributed by atoms with van der Waals surface area (Å²) in [5.74, 6) is -0.0356. The molecule has 2 aromatic rings. The van der Waals surface area contributed by atoms with Gasteiger partial charge in [-0.1, -0.05) is 41.9 Å². The Morgan fingerprint density at radius 1 is 1.07 bits per heavy atom. The van der Waals surface area contributed by atoms with Gasteiger partial charge in [-0.05, 0) is 35.7 Å². The number of carbonyl (C=O) groups is 2. The highest BCUT2D eigenvalue weighted by Crippen LogP contribution is 2.16. The fourth-order valence-electron chi connectivity index (χ4n) is 3.06. The lowest BCUT2D eigenvalue weighted by molar-refractivity contribution is -0.145. The molecule has 1 heterocycles. The lowest BCUT2D eigenvalue weighted by atomic mass is 10.1. The van der Waals surface area contributed by atoms with E-state index in [2.05, 4.69) is 0 Å². The molecule has 2 amide bonds. The maximum absolute atomic E-state index is 12.4. The number of hydrogen-bond donors (Lipinski definition) is 1.